The lowest BCUT2D eigenvalue weighted by atomic mass is 9.92. The first-order valence-electron chi connectivity index (χ1n) is 31.3. The fourth-order valence-electron chi connectivity index (χ4n) is 14.8. The second-order valence-corrected chi connectivity index (χ2v) is 24.2. The first-order valence-corrected chi connectivity index (χ1v) is 31.3. The van der Waals surface area contributed by atoms with Crippen molar-refractivity contribution in [3.05, 3.63) is 322 Å². The van der Waals surface area contributed by atoms with E-state index in [4.69, 9.17) is 8.83 Å². The highest BCUT2D eigenvalue weighted by Crippen LogP contribution is 2.49. The van der Waals surface area contributed by atoms with Crippen molar-refractivity contribution < 1.29 is 8.83 Å². The van der Waals surface area contributed by atoms with E-state index < -0.39 is 0 Å². The van der Waals surface area contributed by atoms with E-state index in [-0.39, 0.29) is 0 Å². The van der Waals surface area contributed by atoms with Crippen molar-refractivity contribution in [3.8, 4) is 94.7 Å². The number of benzene rings is 16. The predicted octanol–water partition coefficient (Wildman–Crippen LogP) is 24.8. The predicted molar refractivity (Wildman–Crippen MR) is 383 cm³/mol. The van der Waals surface area contributed by atoms with E-state index in [1.807, 2.05) is 0 Å². The molecule has 0 bridgehead atoms. The van der Waals surface area contributed by atoms with E-state index in [1.54, 1.807) is 0 Å². The summed E-state index contributed by atoms with van der Waals surface area (Å²) in [5.74, 6) is 0. The topological polar surface area (TPSA) is 31.2 Å². The third kappa shape index (κ3) is 8.15. The van der Waals surface area contributed by atoms with Gasteiger partial charge in [0, 0.05) is 60.0 Å². The van der Waals surface area contributed by atoms with Crippen LogP contribution in [0.2, 0.25) is 0 Å². The van der Waals surface area contributed by atoms with Crippen molar-refractivity contribution in [3.63, 3.8) is 0 Å². The quantitative estimate of drug-likeness (QED) is 0.135. The Hall–Kier alpha value is -12.0. The molecule has 16 aromatic carbocycles. The van der Waals surface area contributed by atoms with E-state index in [9.17, 15) is 0 Å². The van der Waals surface area contributed by atoms with Gasteiger partial charge in [0.05, 0.1) is 16.7 Å². The van der Waals surface area contributed by atoms with Gasteiger partial charge in [-0.25, -0.2) is 0 Å². The van der Waals surface area contributed by atoms with Gasteiger partial charge in [-0.15, -0.1) is 0 Å². The van der Waals surface area contributed by atoms with Crippen LogP contribution in [0.5, 0.6) is 0 Å². The molecule has 3 heteroatoms. The molecule has 0 amide bonds. The molecule has 0 spiro atoms. The van der Waals surface area contributed by atoms with Gasteiger partial charge in [0.1, 0.15) is 22.3 Å². The number of aromatic nitrogens is 1. The second kappa shape index (κ2) is 20.3. The van der Waals surface area contributed by atoms with Crippen LogP contribution in [0.25, 0.3) is 193 Å². The van der Waals surface area contributed by atoms with Crippen LogP contribution in [-0.2, 0) is 0 Å². The van der Waals surface area contributed by atoms with Crippen molar-refractivity contribution in [1.29, 1.82) is 0 Å². The SMILES string of the molecule is c1ccc(-c2cc(-c3ccccc3)c3oc4c(-c5ccc6c(c5)c5cc(-c7cc(-c8ccccc8)cc8c7oc7c(-c9ccccc9)cc(-c9ccccc9)cc78)ccc5n6-c5ccc6ccc7cccc8ccc5c6c78)cc(-c5ccccc5)cc4c3c2)cc1. The van der Waals surface area contributed by atoms with Gasteiger partial charge in [0.25, 0.3) is 0 Å². The van der Waals surface area contributed by atoms with Crippen LogP contribution in [0, 0.1) is 0 Å². The Kier molecular flexibility index (Phi) is 11.4. The Morgan fingerprint density at radius 1 is 0.187 bits per heavy atom. The summed E-state index contributed by atoms with van der Waals surface area (Å²) in [6.07, 6.45) is 0. The van der Waals surface area contributed by atoms with Crippen molar-refractivity contribution in [2.45, 2.75) is 0 Å². The van der Waals surface area contributed by atoms with E-state index >= 15 is 0 Å². The van der Waals surface area contributed by atoms with Gasteiger partial charge in [-0.05, 0) is 173 Å². The largest absolute Gasteiger partial charge is 0.455 e. The minimum Gasteiger partial charge on any atom is -0.455 e. The highest BCUT2D eigenvalue weighted by Gasteiger charge is 2.25. The van der Waals surface area contributed by atoms with Gasteiger partial charge >= 0.3 is 0 Å². The van der Waals surface area contributed by atoms with Crippen molar-refractivity contribution >= 4 is 98.0 Å². The van der Waals surface area contributed by atoms with Crippen LogP contribution in [0.3, 0.4) is 0 Å². The molecule has 19 rings (SSSR count). The molecule has 0 radical (unpaired) electrons. The molecule has 0 aliphatic carbocycles. The molecular formula is C88H53NO2. The third-order valence-corrected chi connectivity index (χ3v) is 19.1. The maximum absolute atomic E-state index is 7.43. The first-order chi connectivity index (χ1) is 45.1. The van der Waals surface area contributed by atoms with Crippen LogP contribution in [-0.4, -0.2) is 4.57 Å². The molecule has 422 valence electrons. The molecule has 0 atom stereocenters. The van der Waals surface area contributed by atoms with E-state index in [2.05, 4.69) is 326 Å². The second-order valence-electron chi connectivity index (χ2n) is 24.2. The molecule has 0 unspecified atom stereocenters. The summed E-state index contributed by atoms with van der Waals surface area (Å²) < 4.78 is 17.4. The summed E-state index contributed by atoms with van der Waals surface area (Å²) in [7, 11) is 0. The summed E-state index contributed by atoms with van der Waals surface area (Å²) >= 11 is 0. The lowest BCUT2D eigenvalue weighted by Crippen LogP contribution is -1.96. The number of rotatable bonds is 9. The number of fused-ring (bicyclic) bond motifs is 9. The first kappa shape index (κ1) is 51.0. The zero-order chi connectivity index (χ0) is 59.7. The van der Waals surface area contributed by atoms with Crippen molar-refractivity contribution in [1.82, 2.24) is 4.57 Å². The van der Waals surface area contributed by atoms with Gasteiger partial charge in [-0.2, -0.15) is 0 Å². The lowest BCUT2D eigenvalue weighted by Gasteiger charge is -2.16. The van der Waals surface area contributed by atoms with Crippen molar-refractivity contribution in [2.75, 3.05) is 0 Å². The Bertz CT molecular complexity index is 5760. The van der Waals surface area contributed by atoms with Crippen LogP contribution in [0.1, 0.15) is 0 Å². The molecule has 0 saturated carbocycles. The summed E-state index contributed by atoms with van der Waals surface area (Å²) in [4.78, 5) is 0. The maximum atomic E-state index is 7.43. The fraction of sp³-hybridized carbons (Fsp3) is 0. The average Bonchev–Trinajstić information content (AvgIpc) is 1.53. The Balaban J connectivity index is 0.902. The molecule has 3 aromatic heterocycles. The molecule has 0 N–H and O–H groups in total. The van der Waals surface area contributed by atoms with E-state index in [0.717, 1.165) is 160 Å². The zero-order valence-electron chi connectivity index (χ0n) is 49.4. The minimum absolute atomic E-state index is 0.850. The number of hydrogen-bond donors (Lipinski definition) is 0. The standard InChI is InChI=1S/C88H53NO2/c1-7-20-54(21-8-1)65-46-70(58-28-15-5-16-29-58)85-76(50-65)78-52-67(56-24-11-3-12-25-56)48-72(87(78)90-85)63-38-42-81-74(44-63)75-45-64(39-43-82(75)89(81)80-41-37-62-35-34-60-32-19-33-61-36-40-69(80)84(62)83(60)61)73-49-68(57-26-13-4-14-27-57)53-79-77-51-66(55-22-9-2-10-23-55)47-71(86(77)91-88(73)79)59-30-17-6-18-31-59/h1-53H. The highest BCUT2D eigenvalue weighted by molar-refractivity contribution is 6.26. The summed E-state index contributed by atoms with van der Waals surface area (Å²) in [6.45, 7) is 0. The smallest absolute Gasteiger partial charge is 0.143 e. The number of hydrogen-bond acceptors (Lipinski definition) is 2. The van der Waals surface area contributed by atoms with Crippen molar-refractivity contribution in [2.24, 2.45) is 0 Å². The molecule has 0 aliphatic rings. The molecule has 0 fully saturated rings. The maximum Gasteiger partial charge on any atom is 0.143 e. The van der Waals surface area contributed by atoms with E-state index in [0.29, 0.717) is 0 Å². The van der Waals surface area contributed by atoms with Gasteiger partial charge in [0.15, 0.2) is 0 Å². The van der Waals surface area contributed by atoms with Crippen LogP contribution in [0.4, 0.5) is 0 Å². The summed E-state index contributed by atoms with van der Waals surface area (Å²) in [6, 6.07) is 118. The van der Waals surface area contributed by atoms with Gasteiger partial charge in [-0.1, -0.05) is 243 Å². The van der Waals surface area contributed by atoms with Gasteiger partial charge in [-0.3, -0.25) is 0 Å². The Morgan fingerprint density at radius 3 is 0.868 bits per heavy atom. The molecule has 3 heterocycles. The van der Waals surface area contributed by atoms with Crippen LogP contribution >= 0.6 is 0 Å². The number of furan rings is 2. The average molecular weight is 1160 g/mol. The van der Waals surface area contributed by atoms with E-state index in [1.165, 1.54) is 32.3 Å². The molecule has 0 saturated heterocycles. The molecule has 0 aliphatic heterocycles. The van der Waals surface area contributed by atoms with Crippen LogP contribution in [0.15, 0.2) is 330 Å². The Morgan fingerprint density at radius 2 is 0.495 bits per heavy atom. The highest BCUT2D eigenvalue weighted by atomic mass is 16.3. The molecule has 3 nitrogen and oxygen atoms in total. The fourth-order valence-corrected chi connectivity index (χ4v) is 14.8. The molecular weight excluding hydrogens is 1100 g/mol. The summed E-state index contributed by atoms with van der Waals surface area (Å²) in [5.41, 5.74) is 24.4. The number of nitrogens with zero attached hydrogens (tertiary/aromatic N) is 1. The monoisotopic (exact) mass is 1160 g/mol. The Labute approximate surface area is 524 Å². The summed E-state index contributed by atoms with van der Waals surface area (Å²) in [5, 5.41) is 14.0. The lowest BCUT2D eigenvalue weighted by molar-refractivity contribution is 0.671. The van der Waals surface area contributed by atoms with Gasteiger partial charge in [0.2, 0.25) is 0 Å². The normalized spacial score (nSPS) is 12.0. The third-order valence-electron chi connectivity index (χ3n) is 19.1. The molecule has 91 heavy (non-hydrogen) atoms. The van der Waals surface area contributed by atoms with Crippen LogP contribution < -0.4 is 0 Å². The zero-order valence-corrected chi connectivity index (χ0v) is 49.4. The molecule has 19 aromatic rings. The van der Waals surface area contributed by atoms with Gasteiger partial charge < -0.3 is 13.4 Å². The minimum atomic E-state index is 0.850.